The molecule has 7 nitrogen and oxygen atoms in total. The van der Waals surface area contributed by atoms with E-state index in [0.717, 1.165) is 16.1 Å². The number of carbonyl (C=O) groups is 3. The molecule has 0 aliphatic carbocycles. The van der Waals surface area contributed by atoms with E-state index < -0.39 is 0 Å². The molecule has 0 saturated carbocycles. The van der Waals surface area contributed by atoms with Crippen LogP contribution in [0.3, 0.4) is 0 Å². The van der Waals surface area contributed by atoms with Gasteiger partial charge in [-0.05, 0) is 55.8 Å². The summed E-state index contributed by atoms with van der Waals surface area (Å²) >= 11 is 1.43. The Balaban J connectivity index is 1.58. The minimum atomic E-state index is -0.348. The minimum Gasteiger partial charge on any atom is -0.450 e. The molecule has 162 valence electrons. The van der Waals surface area contributed by atoms with Gasteiger partial charge in [-0.25, -0.2) is 4.79 Å². The molecule has 3 heterocycles. The number of nitrogens with zero attached hydrogens (tertiary/aromatic N) is 2. The second-order valence-corrected chi connectivity index (χ2v) is 8.57. The number of amides is 3. The van der Waals surface area contributed by atoms with Gasteiger partial charge in [-0.3, -0.25) is 14.5 Å². The van der Waals surface area contributed by atoms with Crippen LogP contribution in [0.4, 0.5) is 10.5 Å². The van der Waals surface area contributed by atoms with E-state index in [1.54, 1.807) is 11.8 Å². The lowest BCUT2D eigenvalue weighted by molar-refractivity contribution is -0.140. The monoisotopic (exact) mass is 439 g/mol. The Labute approximate surface area is 185 Å². The zero-order chi connectivity index (χ0) is 22.0. The van der Waals surface area contributed by atoms with Gasteiger partial charge < -0.3 is 15.0 Å². The summed E-state index contributed by atoms with van der Waals surface area (Å²) in [5, 5.41) is 5.10. The molecule has 2 aliphatic heterocycles. The number of imide groups is 1. The molecule has 0 unspecified atom stereocenters. The van der Waals surface area contributed by atoms with Crippen LogP contribution in [0.5, 0.6) is 0 Å². The maximum absolute atomic E-state index is 13.4. The highest BCUT2D eigenvalue weighted by atomic mass is 32.1. The number of aryl methyl sites for hydroxylation is 1. The molecule has 4 rings (SSSR count). The molecule has 1 fully saturated rings. The number of likely N-dealkylation sites (tertiary alicyclic amines) is 1. The van der Waals surface area contributed by atoms with Gasteiger partial charge in [-0.15, -0.1) is 11.3 Å². The second kappa shape index (κ2) is 8.93. The third-order valence-electron chi connectivity index (χ3n) is 5.53. The highest BCUT2D eigenvalue weighted by Crippen LogP contribution is 2.35. The Hall–Kier alpha value is -3.13. The van der Waals surface area contributed by atoms with E-state index in [4.69, 9.17) is 4.74 Å². The van der Waals surface area contributed by atoms with Crippen LogP contribution < -0.4 is 5.32 Å². The standard InChI is InChI=1S/C23H25N3O4S/c1-3-30-23(29)25-11-9-17(10-12-25)26-21(27)19(18-8-5-13-31-18)20(22(26)28)24-16-7-4-6-15(2)14-16/h4-8,13-14,17,24H,3,9-12H2,1-2H3. The second-order valence-electron chi connectivity index (χ2n) is 7.62. The van der Waals surface area contributed by atoms with Crippen LogP contribution in [0.15, 0.2) is 47.5 Å². The molecule has 3 amide bonds. The van der Waals surface area contributed by atoms with Gasteiger partial charge in [0.2, 0.25) is 0 Å². The van der Waals surface area contributed by atoms with Crippen molar-refractivity contribution in [2.24, 2.45) is 0 Å². The van der Waals surface area contributed by atoms with Crippen LogP contribution in [0.2, 0.25) is 0 Å². The lowest BCUT2D eigenvalue weighted by Crippen LogP contribution is -2.49. The maximum Gasteiger partial charge on any atom is 0.409 e. The molecule has 1 N–H and O–H groups in total. The van der Waals surface area contributed by atoms with Gasteiger partial charge in [-0.2, -0.15) is 0 Å². The summed E-state index contributed by atoms with van der Waals surface area (Å²) < 4.78 is 5.07. The van der Waals surface area contributed by atoms with E-state index in [1.807, 2.05) is 48.7 Å². The fourth-order valence-electron chi connectivity index (χ4n) is 4.03. The number of nitrogens with one attached hydrogen (secondary N) is 1. The van der Waals surface area contributed by atoms with Crippen LogP contribution in [0.25, 0.3) is 5.57 Å². The van der Waals surface area contributed by atoms with Crippen LogP contribution in [-0.4, -0.2) is 53.4 Å². The van der Waals surface area contributed by atoms with Crippen LogP contribution in [0.1, 0.15) is 30.2 Å². The van der Waals surface area contributed by atoms with Crippen molar-refractivity contribution in [3.05, 3.63) is 57.9 Å². The molecule has 2 aromatic rings. The van der Waals surface area contributed by atoms with Crippen LogP contribution in [0, 0.1) is 6.92 Å². The highest BCUT2D eigenvalue weighted by molar-refractivity contribution is 7.11. The van der Waals surface area contributed by atoms with Crippen molar-refractivity contribution in [2.45, 2.75) is 32.7 Å². The van der Waals surface area contributed by atoms with E-state index in [2.05, 4.69) is 5.32 Å². The molecule has 0 atom stereocenters. The zero-order valence-corrected chi connectivity index (χ0v) is 18.4. The Bertz CT molecular complexity index is 1020. The first kappa shape index (κ1) is 21.1. The molecular formula is C23H25N3O4S. The third-order valence-corrected chi connectivity index (χ3v) is 6.41. The summed E-state index contributed by atoms with van der Waals surface area (Å²) in [6.45, 7) is 4.98. The smallest absolute Gasteiger partial charge is 0.409 e. The molecule has 31 heavy (non-hydrogen) atoms. The van der Waals surface area contributed by atoms with Gasteiger partial charge in [-0.1, -0.05) is 18.2 Å². The summed E-state index contributed by atoms with van der Waals surface area (Å²) in [5.74, 6) is -0.596. The first-order valence-corrected chi connectivity index (χ1v) is 11.3. The fourth-order valence-corrected chi connectivity index (χ4v) is 4.80. The number of piperidine rings is 1. The lowest BCUT2D eigenvalue weighted by atomic mass is 10.0. The predicted molar refractivity (Wildman–Crippen MR) is 120 cm³/mol. The number of hydrogen-bond acceptors (Lipinski definition) is 6. The fraction of sp³-hybridized carbons (Fsp3) is 0.348. The largest absolute Gasteiger partial charge is 0.450 e. The summed E-state index contributed by atoms with van der Waals surface area (Å²) in [5.41, 5.74) is 2.55. The number of thiophene rings is 1. The first-order valence-electron chi connectivity index (χ1n) is 10.4. The number of benzene rings is 1. The molecule has 0 radical (unpaired) electrons. The predicted octanol–water partition coefficient (Wildman–Crippen LogP) is 3.87. The Morgan fingerprint density at radius 2 is 1.94 bits per heavy atom. The average Bonchev–Trinajstić information content (AvgIpc) is 3.35. The number of ether oxygens (including phenoxy) is 1. The van der Waals surface area contributed by atoms with Gasteiger partial charge in [0.1, 0.15) is 5.70 Å². The van der Waals surface area contributed by atoms with Crippen molar-refractivity contribution in [1.82, 2.24) is 9.80 Å². The van der Waals surface area contributed by atoms with E-state index in [-0.39, 0.29) is 23.9 Å². The van der Waals surface area contributed by atoms with E-state index in [0.29, 0.717) is 43.8 Å². The summed E-state index contributed by atoms with van der Waals surface area (Å²) in [4.78, 5) is 42.6. The van der Waals surface area contributed by atoms with Crippen molar-refractivity contribution < 1.29 is 19.1 Å². The van der Waals surface area contributed by atoms with Crippen molar-refractivity contribution in [3.63, 3.8) is 0 Å². The average molecular weight is 440 g/mol. The van der Waals surface area contributed by atoms with Gasteiger partial charge in [0.25, 0.3) is 11.8 Å². The zero-order valence-electron chi connectivity index (χ0n) is 17.6. The van der Waals surface area contributed by atoms with Crippen LogP contribution in [-0.2, 0) is 14.3 Å². The normalized spacial score (nSPS) is 17.5. The molecule has 2 aliphatic rings. The van der Waals surface area contributed by atoms with Crippen molar-refractivity contribution in [2.75, 3.05) is 25.0 Å². The molecule has 1 saturated heterocycles. The van der Waals surface area contributed by atoms with E-state index in [1.165, 1.54) is 16.2 Å². The van der Waals surface area contributed by atoms with Crippen molar-refractivity contribution >= 4 is 40.5 Å². The quantitative estimate of drug-likeness (QED) is 0.716. The Morgan fingerprint density at radius 1 is 1.16 bits per heavy atom. The highest BCUT2D eigenvalue weighted by Gasteiger charge is 2.44. The van der Waals surface area contributed by atoms with Gasteiger partial charge in [0.15, 0.2) is 0 Å². The molecule has 0 spiro atoms. The van der Waals surface area contributed by atoms with Gasteiger partial charge in [0.05, 0.1) is 12.2 Å². The third kappa shape index (κ3) is 4.20. The minimum absolute atomic E-state index is 0.252. The molecule has 0 bridgehead atoms. The number of anilines is 1. The molecule has 1 aromatic heterocycles. The maximum atomic E-state index is 13.4. The Kier molecular flexibility index (Phi) is 6.08. The number of rotatable bonds is 5. The molecular weight excluding hydrogens is 414 g/mol. The van der Waals surface area contributed by atoms with E-state index in [9.17, 15) is 14.4 Å². The number of hydrogen-bond donors (Lipinski definition) is 1. The molecule has 8 heteroatoms. The lowest BCUT2D eigenvalue weighted by Gasteiger charge is -2.35. The van der Waals surface area contributed by atoms with Crippen LogP contribution >= 0.6 is 11.3 Å². The Morgan fingerprint density at radius 3 is 2.58 bits per heavy atom. The molecule has 1 aromatic carbocycles. The summed E-state index contributed by atoms with van der Waals surface area (Å²) in [7, 11) is 0. The summed E-state index contributed by atoms with van der Waals surface area (Å²) in [6.07, 6.45) is 0.719. The number of carbonyl (C=O) groups excluding carboxylic acids is 3. The SMILES string of the molecule is CCOC(=O)N1CCC(N2C(=O)C(Nc3cccc(C)c3)=C(c3cccs3)C2=O)CC1. The van der Waals surface area contributed by atoms with E-state index >= 15 is 0 Å². The van der Waals surface area contributed by atoms with Crippen molar-refractivity contribution in [1.29, 1.82) is 0 Å². The van der Waals surface area contributed by atoms with Gasteiger partial charge in [0, 0.05) is 29.7 Å². The first-order chi connectivity index (χ1) is 15.0. The summed E-state index contributed by atoms with van der Waals surface area (Å²) in [6, 6.07) is 11.2. The topological polar surface area (TPSA) is 79.0 Å². The van der Waals surface area contributed by atoms with Crippen molar-refractivity contribution in [3.8, 4) is 0 Å². The van der Waals surface area contributed by atoms with Gasteiger partial charge >= 0.3 is 6.09 Å².